The van der Waals surface area contributed by atoms with Crippen LogP contribution in [0.3, 0.4) is 0 Å². The van der Waals surface area contributed by atoms with Gasteiger partial charge in [0, 0.05) is 33.9 Å². The molecule has 1 heterocycles. The zero-order chi connectivity index (χ0) is 39.8. The first kappa shape index (κ1) is 35.2. The molecule has 0 saturated heterocycles. The van der Waals surface area contributed by atoms with Crippen molar-refractivity contribution in [2.45, 2.75) is 0 Å². The largest absolute Gasteiger partial charge is 0.456 e. The second kappa shape index (κ2) is 15.1. The number of fused-ring (bicyclic) bond motifs is 4. The van der Waals surface area contributed by atoms with Crippen molar-refractivity contribution in [2.24, 2.45) is 0 Å². The Morgan fingerprint density at radius 1 is 0.267 bits per heavy atom. The standard InChI is InChI=1S/C58H39NO/c1-3-15-40(16-4-1)48-20-9-11-23-52(48)53-24-12-10-21-49(53)42-27-32-45(33-28-42)59(47-36-38-55-54-25-13-14-26-56(54)60-57(55)39-47)46-34-29-43(30-35-46)51-37-31-41-17-7-8-22-50(41)58(51)44-18-5-2-6-19-44/h1-39H. The van der Waals surface area contributed by atoms with Crippen LogP contribution in [0.25, 0.3) is 88.3 Å². The average Bonchev–Trinajstić information content (AvgIpc) is 3.70. The Hall–Kier alpha value is -7.94. The molecule has 10 aromatic carbocycles. The number of furan rings is 1. The van der Waals surface area contributed by atoms with Crippen LogP contribution >= 0.6 is 0 Å². The fourth-order valence-electron chi connectivity index (χ4n) is 8.87. The third-order valence-corrected chi connectivity index (χ3v) is 11.7. The van der Waals surface area contributed by atoms with E-state index in [2.05, 4.69) is 229 Å². The van der Waals surface area contributed by atoms with Crippen molar-refractivity contribution >= 4 is 49.8 Å². The normalized spacial score (nSPS) is 11.3. The first-order chi connectivity index (χ1) is 29.8. The molecule has 0 amide bonds. The molecule has 0 bridgehead atoms. The summed E-state index contributed by atoms with van der Waals surface area (Å²) < 4.78 is 6.43. The lowest BCUT2D eigenvalue weighted by molar-refractivity contribution is 0.669. The summed E-state index contributed by atoms with van der Waals surface area (Å²) in [7, 11) is 0. The number of anilines is 3. The highest BCUT2D eigenvalue weighted by molar-refractivity contribution is 6.07. The Kier molecular flexibility index (Phi) is 8.87. The van der Waals surface area contributed by atoms with Gasteiger partial charge in [-0.2, -0.15) is 0 Å². The second-order valence-corrected chi connectivity index (χ2v) is 15.2. The molecule has 0 aliphatic carbocycles. The van der Waals surface area contributed by atoms with Crippen LogP contribution in [0.2, 0.25) is 0 Å². The van der Waals surface area contributed by atoms with Gasteiger partial charge < -0.3 is 9.32 Å². The van der Waals surface area contributed by atoms with Crippen LogP contribution in [-0.2, 0) is 0 Å². The molecule has 282 valence electrons. The third-order valence-electron chi connectivity index (χ3n) is 11.7. The summed E-state index contributed by atoms with van der Waals surface area (Å²) in [6, 6.07) is 84.8. The zero-order valence-electron chi connectivity index (χ0n) is 32.9. The fourth-order valence-corrected chi connectivity index (χ4v) is 8.87. The van der Waals surface area contributed by atoms with Crippen molar-refractivity contribution in [1.29, 1.82) is 0 Å². The summed E-state index contributed by atoms with van der Waals surface area (Å²) in [4.78, 5) is 2.33. The predicted molar refractivity (Wildman–Crippen MR) is 253 cm³/mol. The van der Waals surface area contributed by atoms with Crippen molar-refractivity contribution < 1.29 is 4.42 Å². The maximum atomic E-state index is 6.43. The summed E-state index contributed by atoms with van der Waals surface area (Å²) >= 11 is 0. The Labute approximate surface area is 349 Å². The van der Waals surface area contributed by atoms with E-state index in [0.29, 0.717) is 0 Å². The highest BCUT2D eigenvalue weighted by Gasteiger charge is 2.19. The van der Waals surface area contributed by atoms with Crippen molar-refractivity contribution in [1.82, 2.24) is 0 Å². The molecular weight excluding hydrogens is 727 g/mol. The van der Waals surface area contributed by atoms with Gasteiger partial charge in [0.2, 0.25) is 0 Å². The Morgan fingerprint density at radius 3 is 1.38 bits per heavy atom. The highest BCUT2D eigenvalue weighted by atomic mass is 16.3. The van der Waals surface area contributed by atoms with E-state index in [1.807, 2.05) is 12.1 Å². The van der Waals surface area contributed by atoms with Crippen LogP contribution in [0.4, 0.5) is 17.1 Å². The van der Waals surface area contributed by atoms with Gasteiger partial charge in [-0.3, -0.25) is 0 Å². The average molecular weight is 766 g/mol. The molecule has 11 aromatic rings. The molecule has 0 atom stereocenters. The molecule has 1 aromatic heterocycles. The molecule has 2 nitrogen and oxygen atoms in total. The van der Waals surface area contributed by atoms with Crippen LogP contribution in [0, 0.1) is 0 Å². The summed E-state index contributed by atoms with van der Waals surface area (Å²) in [6.07, 6.45) is 0. The molecule has 60 heavy (non-hydrogen) atoms. The van der Waals surface area contributed by atoms with E-state index in [0.717, 1.165) is 44.6 Å². The minimum absolute atomic E-state index is 0.863. The molecule has 0 unspecified atom stereocenters. The minimum Gasteiger partial charge on any atom is -0.456 e. The molecule has 0 radical (unpaired) electrons. The summed E-state index contributed by atoms with van der Waals surface area (Å²) in [5, 5.41) is 4.71. The Bertz CT molecular complexity index is 3290. The minimum atomic E-state index is 0.863. The predicted octanol–water partition coefficient (Wildman–Crippen LogP) is 16.5. The van der Waals surface area contributed by atoms with Crippen molar-refractivity contribution in [2.75, 3.05) is 4.90 Å². The molecule has 11 rings (SSSR count). The first-order valence-corrected chi connectivity index (χ1v) is 20.5. The SMILES string of the molecule is c1ccc(-c2ccccc2-c2ccccc2-c2ccc(N(c3ccc(-c4ccc5ccccc5c4-c4ccccc4)cc3)c3ccc4c(c3)oc3ccccc34)cc2)cc1. The number of hydrogen-bond acceptors (Lipinski definition) is 2. The number of benzene rings is 10. The van der Waals surface area contributed by atoms with E-state index >= 15 is 0 Å². The lowest BCUT2D eigenvalue weighted by Gasteiger charge is -2.26. The van der Waals surface area contributed by atoms with Crippen molar-refractivity contribution in [3.05, 3.63) is 237 Å². The van der Waals surface area contributed by atoms with Crippen molar-refractivity contribution in [3.63, 3.8) is 0 Å². The van der Waals surface area contributed by atoms with E-state index in [4.69, 9.17) is 4.42 Å². The van der Waals surface area contributed by atoms with Crippen LogP contribution in [0.15, 0.2) is 241 Å². The Balaban J connectivity index is 1.02. The van der Waals surface area contributed by atoms with E-state index in [9.17, 15) is 0 Å². The lowest BCUT2D eigenvalue weighted by Crippen LogP contribution is -2.09. The van der Waals surface area contributed by atoms with Crippen molar-refractivity contribution in [3.8, 4) is 55.6 Å². The first-order valence-electron chi connectivity index (χ1n) is 20.5. The number of hydrogen-bond donors (Lipinski definition) is 0. The van der Waals surface area contributed by atoms with Gasteiger partial charge in [-0.1, -0.05) is 188 Å². The summed E-state index contributed by atoms with van der Waals surface area (Å²) in [5.74, 6) is 0. The number of para-hydroxylation sites is 1. The maximum absolute atomic E-state index is 6.43. The maximum Gasteiger partial charge on any atom is 0.137 e. The molecule has 0 N–H and O–H groups in total. The van der Waals surface area contributed by atoms with Crippen LogP contribution in [-0.4, -0.2) is 0 Å². The van der Waals surface area contributed by atoms with Gasteiger partial charge in [-0.25, -0.2) is 0 Å². The zero-order valence-corrected chi connectivity index (χ0v) is 32.9. The quantitative estimate of drug-likeness (QED) is 0.153. The van der Waals surface area contributed by atoms with Gasteiger partial charge in [0.25, 0.3) is 0 Å². The molecule has 0 spiro atoms. The monoisotopic (exact) mass is 765 g/mol. The van der Waals surface area contributed by atoms with E-state index in [1.54, 1.807) is 0 Å². The van der Waals surface area contributed by atoms with E-state index < -0.39 is 0 Å². The Morgan fingerprint density at radius 2 is 0.733 bits per heavy atom. The molecule has 0 aliphatic rings. The van der Waals surface area contributed by atoms with Gasteiger partial charge >= 0.3 is 0 Å². The molecule has 2 heteroatoms. The van der Waals surface area contributed by atoms with Crippen LogP contribution < -0.4 is 4.90 Å². The lowest BCUT2D eigenvalue weighted by atomic mass is 9.89. The number of rotatable bonds is 8. The summed E-state index contributed by atoms with van der Waals surface area (Å²) in [5.41, 5.74) is 16.9. The number of nitrogens with zero attached hydrogens (tertiary/aromatic N) is 1. The van der Waals surface area contributed by atoms with Gasteiger partial charge in [-0.15, -0.1) is 0 Å². The second-order valence-electron chi connectivity index (χ2n) is 15.2. The van der Waals surface area contributed by atoms with Gasteiger partial charge in [0.15, 0.2) is 0 Å². The topological polar surface area (TPSA) is 16.4 Å². The highest BCUT2D eigenvalue weighted by Crippen LogP contribution is 2.43. The van der Waals surface area contributed by atoms with E-state index in [1.165, 1.54) is 60.8 Å². The van der Waals surface area contributed by atoms with Gasteiger partial charge in [-0.05, 0) is 109 Å². The molecule has 0 fully saturated rings. The van der Waals surface area contributed by atoms with E-state index in [-0.39, 0.29) is 0 Å². The smallest absolute Gasteiger partial charge is 0.137 e. The van der Waals surface area contributed by atoms with Crippen LogP contribution in [0.1, 0.15) is 0 Å². The molecule has 0 aliphatic heterocycles. The molecular formula is C58H39NO. The fraction of sp³-hybridized carbons (Fsp3) is 0. The third kappa shape index (κ3) is 6.32. The van der Waals surface area contributed by atoms with Crippen LogP contribution in [0.5, 0.6) is 0 Å². The van der Waals surface area contributed by atoms with Gasteiger partial charge in [0.1, 0.15) is 11.2 Å². The summed E-state index contributed by atoms with van der Waals surface area (Å²) in [6.45, 7) is 0. The molecule has 0 saturated carbocycles. The van der Waals surface area contributed by atoms with Gasteiger partial charge in [0.05, 0.1) is 0 Å².